The van der Waals surface area contributed by atoms with E-state index in [9.17, 15) is 14.0 Å². The summed E-state index contributed by atoms with van der Waals surface area (Å²) in [6.45, 7) is 0.746. The van der Waals surface area contributed by atoms with Gasteiger partial charge in [-0.15, -0.1) is 0 Å². The molecule has 0 saturated carbocycles. The number of ether oxygens (including phenoxy) is 1. The van der Waals surface area contributed by atoms with Crippen molar-refractivity contribution in [3.8, 4) is 5.75 Å². The number of amides is 3. The number of nitrogens with one attached hydrogen (secondary N) is 2. The number of carbonyl (C=O) groups is 2. The van der Waals surface area contributed by atoms with Gasteiger partial charge in [-0.1, -0.05) is 30.3 Å². The van der Waals surface area contributed by atoms with Gasteiger partial charge in [-0.25, -0.2) is 9.18 Å². The van der Waals surface area contributed by atoms with Gasteiger partial charge in [0.25, 0.3) is 5.91 Å². The van der Waals surface area contributed by atoms with Crippen LogP contribution in [-0.2, 0) is 0 Å². The zero-order valence-corrected chi connectivity index (χ0v) is 17.2. The maximum Gasteiger partial charge on any atom is 0.319 e. The van der Waals surface area contributed by atoms with Gasteiger partial charge in [0.15, 0.2) is 0 Å². The van der Waals surface area contributed by atoms with Crippen LogP contribution in [0.15, 0.2) is 78.9 Å². The minimum absolute atomic E-state index is 0.232. The largest absolute Gasteiger partial charge is 0.495 e. The Balaban J connectivity index is 1.58. The van der Waals surface area contributed by atoms with E-state index >= 15 is 0 Å². The second kappa shape index (κ2) is 10.8. The van der Waals surface area contributed by atoms with Crippen molar-refractivity contribution in [1.82, 2.24) is 5.32 Å². The van der Waals surface area contributed by atoms with Crippen molar-refractivity contribution in [1.29, 1.82) is 0 Å². The van der Waals surface area contributed by atoms with Crippen molar-refractivity contribution in [3.05, 3.63) is 90.2 Å². The summed E-state index contributed by atoms with van der Waals surface area (Å²) < 4.78 is 18.4. The van der Waals surface area contributed by atoms with Crippen LogP contribution in [0.1, 0.15) is 16.8 Å². The molecular weight excluding hydrogens is 397 g/mol. The number of para-hydroxylation sites is 3. The standard InChI is InChI=1S/C24H24FN3O3/c1-31-22-11-6-5-10-21(22)27-24(30)26-16-7-17-28(20-8-3-2-4-9-20)23(29)18-12-14-19(25)15-13-18/h2-6,8-15H,7,16-17H2,1H3,(H2,26,27,30). The summed E-state index contributed by atoms with van der Waals surface area (Å²) >= 11 is 0. The van der Waals surface area contributed by atoms with Crippen molar-refractivity contribution in [2.45, 2.75) is 6.42 Å². The molecule has 160 valence electrons. The van der Waals surface area contributed by atoms with Crippen molar-refractivity contribution in [2.75, 3.05) is 30.4 Å². The summed E-state index contributed by atoms with van der Waals surface area (Å²) in [5.41, 5.74) is 1.70. The molecule has 3 rings (SSSR count). The van der Waals surface area contributed by atoms with Crippen LogP contribution in [0.5, 0.6) is 5.75 Å². The van der Waals surface area contributed by atoms with Crippen LogP contribution >= 0.6 is 0 Å². The molecule has 0 aliphatic heterocycles. The molecule has 0 aliphatic carbocycles. The number of hydrogen-bond acceptors (Lipinski definition) is 3. The minimum Gasteiger partial charge on any atom is -0.495 e. The Morgan fingerprint density at radius 2 is 1.61 bits per heavy atom. The molecule has 6 nitrogen and oxygen atoms in total. The summed E-state index contributed by atoms with van der Waals surface area (Å²) in [4.78, 5) is 26.8. The molecule has 0 saturated heterocycles. The highest BCUT2D eigenvalue weighted by atomic mass is 19.1. The van der Waals surface area contributed by atoms with E-state index in [0.29, 0.717) is 36.5 Å². The number of halogens is 1. The van der Waals surface area contributed by atoms with Gasteiger partial charge in [-0.05, 0) is 55.0 Å². The Morgan fingerprint density at radius 1 is 0.935 bits per heavy atom. The monoisotopic (exact) mass is 421 g/mol. The Kier molecular flexibility index (Phi) is 7.59. The Hall–Kier alpha value is -3.87. The molecule has 2 N–H and O–H groups in total. The van der Waals surface area contributed by atoms with E-state index < -0.39 is 5.82 Å². The van der Waals surface area contributed by atoms with Crippen LogP contribution in [0.2, 0.25) is 0 Å². The van der Waals surface area contributed by atoms with Crippen LogP contribution < -0.4 is 20.3 Å². The molecule has 7 heteroatoms. The lowest BCUT2D eigenvalue weighted by molar-refractivity contribution is 0.0986. The average molecular weight is 421 g/mol. The number of methoxy groups -OCH3 is 1. The number of anilines is 2. The molecular formula is C24H24FN3O3. The molecule has 0 unspecified atom stereocenters. The van der Waals surface area contributed by atoms with E-state index in [-0.39, 0.29) is 11.9 Å². The predicted octanol–water partition coefficient (Wildman–Crippen LogP) is 4.69. The van der Waals surface area contributed by atoms with Crippen LogP contribution in [0.3, 0.4) is 0 Å². The second-order valence-electron chi connectivity index (χ2n) is 6.73. The Morgan fingerprint density at radius 3 is 2.32 bits per heavy atom. The van der Waals surface area contributed by atoms with Gasteiger partial charge in [-0.2, -0.15) is 0 Å². The molecule has 31 heavy (non-hydrogen) atoms. The van der Waals surface area contributed by atoms with Crippen molar-refractivity contribution < 1.29 is 18.7 Å². The first-order valence-electron chi connectivity index (χ1n) is 9.89. The summed E-state index contributed by atoms with van der Waals surface area (Å²) in [6, 6.07) is 21.5. The lowest BCUT2D eigenvalue weighted by Gasteiger charge is -2.23. The summed E-state index contributed by atoms with van der Waals surface area (Å²) in [5.74, 6) is -0.0597. The Labute approximate surface area is 180 Å². The highest BCUT2D eigenvalue weighted by molar-refractivity contribution is 6.06. The molecule has 0 aromatic heterocycles. The first kappa shape index (κ1) is 21.8. The van der Waals surface area contributed by atoms with Gasteiger partial charge in [0, 0.05) is 24.3 Å². The maximum absolute atomic E-state index is 13.2. The molecule has 0 spiro atoms. The molecule has 3 aromatic rings. The number of nitrogens with zero attached hydrogens (tertiary/aromatic N) is 1. The van der Waals surface area contributed by atoms with E-state index in [1.54, 1.807) is 23.1 Å². The van der Waals surface area contributed by atoms with Gasteiger partial charge in [0.1, 0.15) is 11.6 Å². The number of carbonyl (C=O) groups excluding carboxylic acids is 2. The van der Waals surface area contributed by atoms with E-state index in [4.69, 9.17) is 4.74 Å². The van der Waals surface area contributed by atoms with E-state index in [1.807, 2.05) is 36.4 Å². The number of hydrogen-bond donors (Lipinski definition) is 2. The number of urea groups is 1. The molecule has 0 heterocycles. The maximum atomic E-state index is 13.2. The fraction of sp³-hybridized carbons (Fsp3) is 0.167. The van der Waals surface area contributed by atoms with Crippen molar-refractivity contribution >= 4 is 23.3 Å². The zero-order chi connectivity index (χ0) is 22.1. The second-order valence-corrected chi connectivity index (χ2v) is 6.73. The number of benzene rings is 3. The first-order valence-corrected chi connectivity index (χ1v) is 9.89. The summed E-state index contributed by atoms with van der Waals surface area (Å²) in [7, 11) is 1.54. The zero-order valence-electron chi connectivity index (χ0n) is 17.2. The minimum atomic E-state index is -0.395. The van der Waals surface area contributed by atoms with E-state index in [2.05, 4.69) is 10.6 Å². The fourth-order valence-corrected chi connectivity index (χ4v) is 3.06. The van der Waals surface area contributed by atoms with Gasteiger partial charge >= 0.3 is 6.03 Å². The lowest BCUT2D eigenvalue weighted by Crippen LogP contribution is -2.35. The Bertz CT molecular complexity index is 1010. The molecule has 0 atom stereocenters. The highest BCUT2D eigenvalue weighted by Crippen LogP contribution is 2.22. The van der Waals surface area contributed by atoms with Crippen molar-refractivity contribution in [3.63, 3.8) is 0 Å². The average Bonchev–Trinajstić information content (AvgIpc) is 2.80. The third kappa shape index (κ3) is 6.05. The highest BCUT2D eigenvalue weighted by Gasteiger charge is 2.17. The number of rotatable bonds is 8. The molecule has 0 fully saturated rings. The molecule has 0 bridgehead atoms. The fourth-order valence-electron chi connectivity index (χ4n) is 3.06. The van der Waals surface area contributed by atoms with Gasteiger partial charge in [-0.3, -0.25) is 4.79 Å². The quantitative estimate of drug-likeness (QED) is 0.518. The third-order valence-electron chi connectivity index (χ3n) is 4.60. The molecule has 3 amide bonds. The van der Waals surface area contributed by atoms with Crippen molar-refractivity contribution in [2.24, 2.45) is 0 Å². The summed E-state index contributed by atoms with van der Waals surface area (Å²) in [5, 5.41) is 5.53. The van der Waals surface area contributed by atoms with Crippen LogP contribution in [0.4, 0.5) is 20.6 Å². The predicted molar refractivity (Wildman–Crippen MR) is 119 cm³/mol. The topological polar surface area (TPSA) is 70.7 Å². The molecule has 0 aliphatic rings. The van der Waals surface area contributed by atoms with Crippen LogP contribution in [0, 0.1) is 5.82 Å². The van der Waals surface area contributed by atoms with E-state index in [1.165, 1.54) is 31.4 Å². The van der Waals surface area contributed by atoms with Gasteiger partial charge in [0.05, 0.1) is 12.8 Å². The molecule has 0 radical (unpaired) electrons. The third-order valence-corrected chi connectivity index (χ3v) is 4.60. The van der Waals surface area contributed by atoms with Gasteiger partial charge in [0.2, 0.25) is 0 Å². The van der Waals surface area contributed by atoms with Crippen LogP contribution in [-0.4, -0.2) is 32.1 Å². The SMILES string of the molecule is COc1ccccc1NC(=O)NCCCN(C(=O)c1ccc(F)cc1)c1ccccc1. The smallest absolute Gasteiger partial charge is 0.319 e. The van der Waals surface area contributed by atoms with Gasteiger partial charge < -0.3 is 20.3 Å². The normalized spacial score (nSPS) is 10.3. The molecule has 3 aromatic carbocycles. The summed E-state index contributed by atoms with van der Waals surface area (Å²) in [6.07, 6.45) is 0.529. The van der Waals surface area contributed by atoms with Crippen LogP contribution in [0.25, 0.3) is 0 Å². The first-order chi connectivity index (χ1) is 15.1. The van der Waals surface area contributed by atoms with E-state index in [0.717, 1.165) is 5.69 Å². The lowest BCUT2D eigenvalue weighted by atomic mass is 10.1.